The first-order chi connectivity index (χ1) is 6.18. The second-order valence-corrected chi connectivity index (χ2v) is 4.63. The smallest absolute Gasteiger partial charge is 0.314 e. The number of ether oxygens (including phenoxy) is 2. The van der Waals surface area contributed by atoms with E-state index in [1.165, 1.54) is 6.42 Å². The summed E-state index contributed by atoms with van der Waals surface area (Å²) in [7, 11) is 0. The number of hydrogen-bond acceptors (Lipinski definition) is 3. The summed E-state index contributed by atoms with van der Waals surface area (Å²) < 4.78 is 11.1. The highest BCUT2D eigenvalue weighted by molar-refractivity contribution is 5.75. The van der Waals surface area contributed by atoms with Crippen molar-refractivity contribution in [3.63, 3.8) is 0 Å². The predicted octanol–water partition coefficient (Wildman–Crippen LogP) is 1.46. The first kappa shape index (κ1) is 7.80. The summed E-state index contributed by atoms with van der Waals surface area (Å²) in [5.41, 5.74) is 0. The summed E-state index contributed by atoms with van der Waals surface area (Å²) in [6.07, 6.45) is 4.34. The molecule has 72 valence electrons. The zero-order chi connectivity index (χ0) is 9.05. The van der Waals surface area contributed by atoms with Gasteiger partial charge in [0.25, 0.3) is 0 Å². The molecule has 13 heavy (non-hydrogen) atoms. The normalized spacial score (nSPS) is 53.3. The lowest BCUT2D eigenvalue weighted by Crippen LogP contribution is -2.57. The van der Waals surface area contributed by atoms with Crippen molar-refractivity contribution in [1.29, 1.82) is 0 Å². The SMILES string of the molecule is C[C@]12CCC[C@@H]3C[C@H](C(=O)O1)[C@@H]3O2. The first-order valence-electron chi connectivity index (χ1n) is 5.09. The molecule has 3 fully saturated rings. The Morgan fingerprint density at radius 1 is 1.54 bits per heavy atom. The molecule has 2 bridgehead atoms. The molecule has 1 saturated carbocycles. The molecule has 0 aromatic carbocycles. The van der Waals surface area contributed by atoms with Gasteiger partial charge in [0.05, 0.1) is 12.0 Å². The van der Waals surface area contributed by atoms with Crippen LogP contribution in [0.4, 0.5) is 0 Å². The summed E-state index contributed by atoms with van der Waals surface area (Å²) in [5.74, 6) is 0.0423. The van der Waals surface area contributed by atoms with Gasteiger partial charge >= 0.3 is 5.97 Å². The number of hydrogen-bond donors (Lipinski definition) is 0. The van der Waals surface area contributed by atoms with Crippen LogP contribution in [0.1, 0.15) is 32.6 Å². The number of esters is 1. The Hall–Kier alpha value is -0.570. The summed E-state index contributed by atoms with van der Waals surface area (Å²) in [5, 5.41) is 0. The van der Waals surface area contributed by atoms with Crippen LogP contribution in [0.3, 0.4) is 0 Å². The Labute approximate surface area is 77.4 Å². The highest BCUT2D eigenvalue weighted by Gasteiger charge is 2.56. The van der Waals surface area contributed by atoms with Crippen molar-refractivity contribution in [2.75, 3.05) is 0 Å². The van der Waals surface area contributed by atoms with Crippen LogP contribution in [0.15, 0.2) is 0 Å². The molecule has 0 radical (unpaired) electrons. The van der Waals surface area contributed by atoms with Crippen LogP contribution < -0.4 is 0 Å². The fourth-order valence-electron chi connectivity index (χ4n) is 2.81. The van der Waals surface area contributed by atoms with Crippen molar-refractivity contribution >= 4 is 5.97 Å². The molecule has 3 nitrogen and oxygen atoms in total. The lowest BCUT2D eigenvalue weighted by Gasteiger charge is -2.49. The number of carbonyl (C=O) groups is 1. The third kappa shape index (κ3) is 0.966. The van der Waals surface area contributed by atoms with Crippen LogP contribution in [0.2, 0.25) is 0 Å². The third-order valence-corrected chi connectivity index (χ3v) is 3.63. The Balaban J connectivity index is 1.93. The predicted molar refractivity (Wildman–Crippen MR) is 44.8 cm³/mol. The van der Waals surface area contributed by atoms with Gasteiger partial charge in [-0.15, -0.1) is 0 Å². The van der Waals surface area contributed by atoms with Crippen molar-refractivity contribution in [2.45, 2.75) is 44.5 Å². The van der Waals surface area contributed by atoms with Gasteiger partial charge in [-0.1, -0.05) is 0 Å². The van der Waals surface area contributed by atoms with E-state index in [1.54, 1.807) is 0 Å². The van der Waals surface area contributed by atoms with Gasteiger partial charge in [-0.25, -0.2) is 0 Å². The summed E-state index contributed by atoms with van der Waals surface area (Å²) >= 11 is 0. The highest BCUT2D eigenvalue weighted by Crippen LogP contribution is 2.49. The fraction of sp³-hybridized carbons (Fsp3) is 0.900. The minimum atomic E-state index is -0.604. The lowest BCUT2D eigenvalue weighted by molar-refractivity contribution is -0.303. The van der Waals surface area contributed by atoms with Gasteiger partial charge in [0.15, 0.2) is 0 Å². The molecule has 0 aromatic heterocycles. The molecule has 0 N–H and O–H groups in total. The average Bonchev–Trinajstić information content (AvgIpc) is 2.12. The third-order valence-electron chi connectivity index (χ3n) is 3.63. The minimum absolute atomic E-state index is 0.0306. The van der Waals surface area contributed by atoms with E-state index >= 15 is 0 Å². The fourth-order valence-corrected chi connectivity index (χ4v) is 2.81. The Morgan fingerprint density at radius 2 is 2.38 bits per heavy atom. The quantitative estimate of drug-likeness (QED) is 0.532. The first-order valence-corrected chi connectivity index (χ1v) is 5.09. The Kier molecular flexibility index (Phi) is 1.36. The summed E-state index contributed by atoms with van der Waals surface area (Å²) in [6.45, 7) is 1.89. The van der Waals surface area contributed by atoms with Crippen molar-refractivity contribution < 1.29 is 14.3 Å². The molecule has 0 aromatic rings. The van der Waals surface area contributed by atoms with Gasteiger partial charge in [-0.05, 0) is 25.2 Å². The molecular formula is C10H14O3. The molecule has 3 aliphatic rings. The van der Waals surface area contributed by atoms with Crippen molar-refractivity contribution in [1.82, 2.24) is 0 Å². The van der Waals surface area contributed by atoms with E-state index in [9.17, 15) is 4.79 Å². The molecule has 0 spiro atoms. The Bertz CT molecular complexity index is 263. The zero-order valence-electron chi connectivity index (χ0n) is 7.79. The van der Waals surface area contributed by atoms with Crippen LogP contribution in [-0.2, 0) is 14.3 Å². The number of rotatable bonds is 0. The number of carbonyl (C=O) groups excluding carboxylic acids is 1. The van der Waals surface area contributed by atoms with Crippen molar-refractivity contribution in [3.05, 3.63) is 0 Å². The van der Waals surface area contributed by atoms with Crippen LogP contribution in [0, 0.1) is 11.8 Å². The molecule has 2 saturated heterocycles. The largest absolute Gasteiger partial charge is 0.433 e. The topological polar surface area (TPSA) is 35.5 Å². The van der Waals surface area contributed by atoms with Gasteiger partial charge < -0.3 is 9.47 Å². The van der Waals surface area contributed by atoms with Crippen molar-refractivity contribution in [3.8, 4) is 0 Å². The minimum Gasteiger partial charge on any atom is -0.433 e. The standard InChI is InChI=1S/C10H14O3/c1-10-4-2-3-6-5-7(8(6)12-10)9(11)13-10/h6-8H,2-5H2,1H3/t6-,7+,8-,10-/m1/s1. The van der Waals surface area contributed by atoms with E-state index in [2.05, 4.69) is 0 Å². The summed E-state index contributed by atoms with van der Waals surface area (Å²) in [6, 6.07) is 0. The van der Waals surface area contributed by atoms with Crippen LogP contribution in [0.5, 0.6) is 0 Å². The van der Waals surface area contributed by atoms with Gasteiger partial charge in [0, 0.05) is 13.3 Å². The van der Waals surface area contributed by atoms with Crippen LogP contribution in [-0.4, -0.2) is 17.9 Å². The van der Waals surface area contributed by atoms with Crippen LogP contribution in [0.25, 0.3) is 0 Å². The Morgan fingerprint density at radius 3 is 3.23 bits per heavy atom. The van der Waals surface area contributed by atoms with Gasteiger partial charge in [0.2, 0.25) is 5.79 Å². The molecule has 2 aliphatic heterocycles. The molecular weight excluding hydrogens is 168 g/mol. The zero-order valence-corrected chi connectivity index (χ0v) is 7.79. The van der Waals surface area contributed by atoms with Gasteiger partial charge in [0.1, 0.15) is 0 Å². The van der Waals surface area contributed by atoms with E-state index in [0.29, 0.717) is 5.92 Å². The molecule has 0 amide bonds. The molecule has 0 unspecified atom stereocenters. The average molecular weight is 182 g/mol. The number of fused-ring (bicyclic) bond motifs is 1. The van der Waals surface area contributed by atoms with Gasteiger partial charge in [-0.2, -0.15) is 0 Å². The van der Waals surface area contributed by atoms with E-state index < -0.39 is 5.79 Å². The maximum absolute atomic E-state index is 11.5. The molecule has 4 atom stereocenters. The molecule has 3 rings (SSSR count). The van der Waals surface area contributed by atoms with Crippen molar-refractivity contribution in [2.24, 2.45) is 11.8 Å². The maximum atomic E-state index is 11.5. The second kappa shape index (κ2) is 2.27. The van der Waals surface area contributed by atoms with E-state index in [-0.39, 0.29) is 18.0 Å². The van der Waals surface area contributed by atoms with E-state index in [4.69, 9.17) is 9.47 Å². The molecule has 1 aliphatic carbocycles. The monoisotopic (exact) mass is 182 g/mol. The van der Waals surface area contributed by atoms with E-state index in [1.807, 2.05) is 6.92 Å². The second-order valence-electron chi connectivity index (χ2n) is 4.63. The molecule has 2 heterocycles. The molecule has 3 heteroatoms. The highest BCUT2D eigenvalue weighted by atomic mass is 16.7. The van der Waals surface area contributed by atoms with Gasteiger partial charge in [-0.3, -0.25) is 4.79 Å². The van der Waals surface area contributed by atoms with E-state index in [0.717, 1.165) is 19.3 Å². The lowest BCUT2D eigenvalue weighted by atomic mass is 9.70. The summed E-state index contributed by atoms with van der Waals surface area (Å²) in [4.78, 5) is 11.5. The maximum Gasteiger partial charge on any atom is 0.314 e. The van der Waals surface area contributed by atoms with Crippen LogP contribution >= 0.6 is 0 Å².